The third kappa shape index (κ3) is 2.92. The van der Waals surface area contributed by atoms with Gasteiger partial charge in [0.1, 0.15) is 5.75 Å². The van der Waals surface area contributed by atoms with Gasteiger partial charge in [0, 0.05) is 0 Å². The van der Waals surface area contributed by atoms with Crippen LogP contribution in [0.1, 0.15) is 43.7 Å². The van der Waals surface area contributed by atoms with Crippen LogP contribution < -0.4 is 4.74 Å². The summed E-state index contributed by atoms with van der Waals surface area (Å²) in [6.07, 6.45) is 5.27. The predicted molar refractivity (Wildman–Crippen MR) is 77.1 cm³/mol. The fourth-order valence-corrected chi connectivity index (χ4v) is 3.30. The summed E-state index contributed by atoms with van der Waals surface area (Å²) in [6.45, 7) is 4.32. The van der Waals surface area contributed by atoms with Crippen molar-refractivity contribution >= 4 is 0 Å². The summed E-state index contributed by atoms with van der Waals surface area (Å²) in [5.74, 6) is 1.63. The molecule has 0 spiro atoms. The van der Waals surface area contributed by atoms with Crippen LogP contribution in [0.5, 0.6) is 5.75 Å². The van der Waals surface area contributed by atoms with E-state index in [-0.39, 0.29) is 5.41 Å². The smallest absolute Gasteiger partial charge is 0.122 e. The number of nitrogens with zero attached hydrogens (tertiary/aromatic N) is 1. The van der Waals surface area contributed by atoms with E-state index in [2.05, 4.69) is 32.0 Å². The first-order valence-corrected chi connectivity index (χ1v) is 7.17. The van der Waals surface area contributed by atoms with E-state index in [9.17, 15) is 5.26 Å². The average molecular weight is 257 g/mol. The van der Waals surface area contributed by atoms with Crippen molar-refractivity contribution in [2.75, 3.05) is 7.11 Å². The second-order valence-corrected chi connectivity index (χ2v) is 5.90. The summed E-state index contributed by atoms with van der Waals surface area (Å²) in [7, 11) is 1.71. The molecule has 0 heterocycles. The standard InChI is InChI=1S/C17H23NO/c1-4-14-7-8-17(10-14,12-18)11-15-9-13(2)5-6-16(15)19-3/h5-6,9,14H,4,7-8,10-11H2,1-3H3. The fraction of sp³-hybridized carbons (Fsp3) is 0.588. The van der Waals surface area contributed by atoms with Gasteiger partial charge in [0.2, 0.25) is 0 Å². The summed E-state index contributed by atoms with van der Waals surface area (Å²) in [6, 6.07) is 8.85. The molecule has 1 fully saturated rings. The van der Waals surface area contributed by atoms with E-state index in [1.165, 1.54) is 24.0 Å². The van der Waals surface area contributed by atoms with Gasteiger partial charge in [0.05, 0.1) is 18.6 Å². The average Bonchev–Trinajstić information content (AvgIpc) is 2.83. The van der Waals surface area contributed by atoms with E-state index in [1.54, 1.807) is 7.11 Å². The van der Waals surface area contributed by atoms with Gasteiger partial charge >= 0.3 is 0 Å². The maximum atomic E-state index is 9.63. The number of nitriles is 1. The van der Waals surface area contributed by atoms with Crippen molar-refractivity contribution in [2.45, 2.75) is 46.0 Å². The molecule has 1 aliphatic carbocycles. The highest BCUT2D eigenvalue weighted by molar-refractivity contribution is 5.38. The van der Waals surface area contributed by atoms with E-state index in [4.69, 9.17) is 4.74 Å². The van der Waals surface area contributed by atoms with E-state index < -0.39 is 0 Å². The quantitative estimate of drug-likeness (QED) is 0.807. The van der Waals surface area contributed by atoms with E-state index >= 15 is 0 Å². The Morgan fingerprint density at radius 1 is 1.47 bits per heavy atom. The Morgan fingerprint density at radius 3 is 2.84 bits per heavy atom. The molecule has 1 aromatic rings. The van der Waals surface area contributed by atoms with Gasteiger partial charge in [-0.3, -0.25) is 0 Å². The summed E-state index contributed by atoms with van der Waals surface area (Å²) >= 11 is 0. The van der Waals surface area contributed by atoms with Gasteiger partial charge < -0.3 is 4.74 Å². The third-order valence-electron chi connectivity index (χ3n) is 4.49. The van der Waals surface area contributed by atoms with Gasteiger partial charge in [0.25, 0.3) is 0 Å². The van der Waals surface area contributed by atoms with Crippen LogP contribution in [0.25, 0.3) is 0 Å². The largest absolute Gasteiger partial charge is 0.496 e. The molecule has 1 aliphatic rings. The lowest BCUT2D eigenvalue weighted by molar-refractivity contribution is 0.363. The summed E-state index contributed by atoms with van der Waals surface area (Å²) in [5, 5.41) is 9.63. The Balaban J connectivity index is 2.24. The van der Waals surface area contributed by atoms with Gasteiger partial charge in [-0.1, -0.05) is 31.0 Å². The predicted octanol–water partition coefficient (Wildman–Crippen LogP) is 4.27. The fourth-order valence-electron chi connectivity index (χ4n) is 3.30. The molecule has 1 saturated carbocycles. The number of rotatable bonds is 4. The molecule has 2 unspecified atom stereocenters. The van der Waals surface area contributed by atoms with Crippen LogP contribution in [0.4, 0.5) is 0 Å². The number of benzene rings is 1. The highest BCUT2D eigenvalue weighted by atomic mass is 16.5. The van der Waals surface area contributed by atoms with Gasteiger partial charge in [-0.05, 0) is 50.2 Å². The molecule has 0 aliphatic heterocycles. The number of aryl methyl sites for hydroxylation is 1. The molecular formula is C17H23NO. The zero-order chi connectivity index (χ0) is 13.9. The maximum Gasteiger partial charge on any atom is 0.122 e. The highest BCUT2D eigenvalue weighted by Gasteiger charge is 2.39. The molecule has 2 atom stereocenters. The third-order valence-corrected chi connectivity index (χ3v) is 4.49. The van der Waals surface area contributed by atoms with Gasteiger partial charge in [-0.25, -0.2) is 0 Å². The number of hydrogen-bond acceptors (Lipinski definition) is 2. The van der Waals surface area contributed by atoms with Crippen LogP contribution >= 0.6 is 0 Å². The van der Waals surface area contributed by atoms with Crippen LogP contribution in [0.2, 0.25) is 0 Å². The molecule has 0 saturated heterocycles. The molecule has 0 bridgehead atoms. The molecule has 0 N–H and O–H groups in total. The zero-order valence-corrected chi connectivity index (χ0v) is 12.2. The van der Waals surface area contributed by atoms with Crippen molar-refractivity contribution in [3.05, 3.63) is 29.3 Å². The Labute approximate surface area is 116 Å². The van der Waals surface area contributed by atoms with Crippen LogP contribution in [-0.2, 0) is 6.42 Å². The Kier molecular flexibility index (Phi) is 4.14. The Morgan fingerprint density at radius 2 is 2.26 bits per heavy atom. The Bertz CT molecular complexity index is 489. The van der Waals surface area contributed by atoms with E-state index in [1.807, 2.05) is 6.07 Å². The minimum absolute atomic E-state index is 0.179. The van der Waals surface area contributed by atoms with Crippen molar-refractivity contribution in [1.82, 2.24) is 0 Å². The molecule has 0 amide bonds. The van der Waals surface area contributed by atoms with Crippen molar-refractivity contribution in [3.63, 3.8) is 0 Å². The van der Waals surface area contributed by atoms with Crippen LogP contribution in [0.3, 0.4) is 0 Å². The SMILES string of the molecule is CCC1CCC(C#N)(Cc2cc(C)ccc2OC)C1. The Hall–Kier alpha value is -1.49. The maximum absolute atomic E-state index is 9.63. The summed E-state index contributed by atoms with van der Waals surface area (Å²) in [5.41, 5.74) is 2.23. The van der Waals surface area contributed by atoms with Crippen molar-refractivity contribution in [3.8, 4) is 11.8 Å². The minimum atomic E-state index is -0.179. The molecule has 2 nitrogen and oxygen atoms in total. The molecular weight excluding hydrogens is 234 g/mol. The summed E-state index contributed by atoms with van der Waals surface area (Å²) in [4.78, 5) is 0. The van der Waals surface area contributed by atoms with Gasteiger partial charge in [-0.15, -0.1) is 0 Å². The lowest BCUT2D eigenvalue weighted by atomic mass is 9.80. The normalized spacial score (nSPS) is 26.1. The first-order valence-electron chi connectivity index (χ1n) is 7.17. The number of ether oxygens (including phenoxy) is 1. The van der Waals surface area contributed by atoms with Crippen molar-refractivity contribution in [1.29, 1.82) is 5.26 Å². The molecule has 0 aromatic heterocycles. The summed E-state index contributed by atoms with van der Waals surface area (Å²) < 4.78 is 5.44. The first-order chi connectivity index (χ1) is 9.12. The van der Waals surface area contributed by atoms with E-state index in [0.717, 1.165) is 30.9 Å². The van der Waals surface area contributed by atoms with E-state index in [0.29, 0.717) is 0 Å². The monoisotopic (exact) mass is 257 g/mol. The molecule has 2 heteroatoms. The molecule has 2 rings (SSSR count). The second kappa shape index (κ2) is 5.65. The zero-order valence-electron chi connectivity index (χ0n) is 12.2. The van der Waals surface area contributed by atoms with Crippen LogP contribution in [0.15, 0.2) is 18.2 Å². The second-order valence-electron chi connectivity index (χ2n) is 5.90. The minimum Gasteiger partial charge on any atom is -0.496 e. The number of methoxy groups -OCH3 is 1. The van der Waals surface area contributed by atoms with Crippen LogP contribution in [0, 0.1) is 29.6 Å². The molecule has 1 aromatic carbocycles. The molecule has 0 radical (unpaired) electrons. The van der Waals surface area contributed by atoms with Gasteiger partial charge in [-0.2, -0.15) is 5.26 Å². The van der Waals surface area contributed by atoms with Crippen molar-refractivity contribution < 1.29 is 4.74 Å². The topological polar surface area (TPSA) is 33.0 Å². The van der Waals surface area contributed by atoms with Crippen molar-refractivity contribution in [2.24, 2.45) is 11.3 Å². The lowest BCUT2D eigenvalue weighted by Crippen LogP contribution is -2.18. The highest BCUT2D eigenvalue weighted by Crippen LogP contribution is 2.46. The van der Waals surface area contributed by atoms with Crippen LogP contribution in [-0.4, -0.2) is 7.11 Å². The molecule has 102 valence electrons. The first kappa shape index (κ1) is 13.9. The molecule has 19 heavy (non-hydrogen) atoms. The lowest BCUT2D eigenvalue weighted by Gasteiger charge is -2.22. The number of hydrogen-bond donors (Lipinski definition) is 0. The van der Waals surface area contributed by atoms with Gasteiger partial charge in [0.15, 0.2) is 0 Å².